The van der Waals surface area contributed by atoms with Crippen LogP contribution in [0.1, 0.15) is 36.3 Å². The maximum Gasteiger partial charge on any atom is 0.137 e. The molecule has 1 saturated carbocycles. The molecule has 1 aliphatic rings. The topological polar surface area (TPSA) is 52.0 Å². The molecule has 0 unspecified atom stereocenters. The van der Waals surface area contributed by atoms with Crippen LogP contribution in [-0.4, -0.2) is 21.1 Å². The molecule has 1 N–H and O–H groups in total. The molecular formula is C21H23ClN4O. The lowest BCUT2D eigenvalue weighted by atomic mass is 9.81. The fourth-order valence-electron chi connectivity index (χ4n) is 3.14. The summed E-state index contributed by atoms with van der Waals surface area (Å²) < 4.78 is 7.73. The summed E-state index contributed by atoms with van der Waals surface area (Å²) in [6.45, 7) is 1.96. The number of halogens is 1. The molecule has 0 spiro atoms. The van der Waals surface area contributed by atoms with Crippen LogP contribution in [0, 0.1) is 0 Å². The van der Waals surface area contributed by atoms with E-state index in [2.05, 4.69) is 27.4 Å². The fraction of sp³-hybridized carbons (Fsp3) is 0.333. The van der Waals surface area contributed by atoms with Crippen molar-refractivity contribution < 1.29 is 4.74 Å². The zero-order valence-corrected chi connectivity index (χ0v) is 15.9. The van der Waals surface area contributed by atoms with Gasteiger partial charge in [-0.2, -0.15) is 0 Å². The third-order valence-corrected chi connectivity index (χ3v) is 5.29. The molecular weight excluding hydrogens is 360 g/mol. The molecule has 0 radical (unpaired) electrons. The minimum absolute atomic E-state index is 0.547. The zero-order chi connectivity index (χ0) is 18.5. The number of anilines is 1. The molecule has 2 aromatic heterocycles. The lowest BCUT2D eigenvalue weighted by Gasteiger charge is -2.25. The monoisotopic (exact) mass is 382 g/mol. The number of benzene rings is 1. The summed E-state index contributed by atoms with van der Waals surface area (Å²) in [4.78, 5) is 8.54. The van der Waals surface area contributed by atoms with Gasteiger partial charge in [-0.05, 0) is 48.1 Å². The largest absolute Gasteiger partial charge is 0.490 e. The van der Waals surface area contributed by atoms with Crippen molar-refractivity contribution in [2.45, 2.75) is 38.3 Å². The van der Waals surface area contributed by atoms with Gasteiger partial charge in [0.15, 0.2) is 0 Å². The average molecular weight is 383 g/mol. The predicted molar refractivity (Wildman–Crippen MR) is 107 cm³/mol. The molecule has 0 atom stereocenters. The number of nitrogens with zero attached hydrogens (tertiary/aromatic N) is 3. The van der Waals surface area contributed by atoms with E-state index in [9.17, 15) is 0 Å². The molecule has 0 bridgehead atoms. The Balaban J connectivity index is 1.28. The first kappa shape index (κ1) is 17.9. The van der Waals surface area contributed by atoms with Crippen molar-refractivity contribution in [2.75, 3.05) is 11.9 Å². The van der Waals surface area contributed by atoms with E-state index in [0.29, 0.717) is 29.8 Å². The van der Waals surface area contributed by atoms with Crippen LogP contribution in [0.15, 0.2) is 55.2 Å². The van der Waals surface area contributed by atoms with Crippen LogP contribution in [0.3, 0.4) is 0 Å². The van der Waals surface area contributed by atoms with Gasteiger partial charge in [-0.1, -0.05) is 30.2 Å². The maximum absolute atomic E-state index is 6.36. The molecule has 1 fully saturated rings. The lowest BCUT2D eigenvalue weighted by Crippen LogP contribution is -2.09. The van der Waals surface area contributed by atoms with Gasteiger partial charge in [-0.3, -0.25) is 0 Å². The van der Waals surface area contributed by atoms with Gasteiger partial charge in [0.05, 0.1) is 17.9 Å². The quantitative estimate of drug-likeness (QED) is 0.602. The highest BCUT2D eigenvalue weighted by Crippen LogP contribution is 2.36. The van der Waals surface area contributed by atoms with Gasteiger partial charge in [0.2, 0.25) is 0 Å². The van der Waals surface area contributed by atoms with Crippen molar-refractivity contribution in [1.29, 1.82) is 0 Å². The van der Waals surface area contributed by atoms with Crippen molar-refractivity contribution >= 4 is 17.4 Å². The van der Waals surface area contributed by atoms with Crippen LogP contribution in [0.2, 0.25) is 5.02 Å². The zero-order valence-electron chi connectivity index (χ0n) is 15.1. The molecule has 2 heterocycles. The Morgan fingerprint density at radius 1 is 1.22 bits per heavy atom. The summed E-state index contributed by atoms with van der Waals surface area (Å²) in [6.07, 6.45) is 11.4. The van der Waals surface area contributed by atoms with E-state index in [1.54, 1.807) is 12.5 Å². The third-order valence-electron chi connectivity index (χ3n) is 5.00. The smallest absolute Gasteiger partial charge is 0.137 e. The van der Waals surface area contributed by atoms with Gasteiger partial charge in [0.1, 0.15) is 18.2 Å². The Morgan fingerprint density at radius 2 is 2.15 bits per heavy atom. The van der Waals surface area contributed by atoms with E-state index in [4.69, 9.17) is 16.3 Å². The normalized spacial score (nSPS) is 14.0. The van der Waals surface area contributed by atoms with E-state index in [1.165, 1.54) is 24.8 Å². The van der Waals surface area contributed by atoms with Gasteiger partial charge in [0.25, 0.3) is 0 Å². The Morgan fingerprint density at radius 3 is 2.81 bits per heavy atom. The van der Waals surface area contributed by atoms with Crippen LogP contribution in [0.25, 0.3) is 0 Å². The van der Waals surface area contributed by atoms with E-state index in [-0.39, 0.29) is 0 Å². The second-order valence-electron chi connectivity index (χ2n) is 6.87. The van der Waals surface area contributed by atoms with Crippen LogP contribution in [0.4, 0.5) is 5.82 Å². The van der Waals surface area contributed by atoms with Crippen LogP contribution in [0.5, 0.6) is 5.75 Å². The van der Waals surface area contributed by atoms with Crippen molar-refractivity contribution in [3.05, 3.63) is 71.4 Å². The molecule has 0 saturated heterocycles. The Hall–Kier alpha value is -2.53. The van der Waals surface area contributed by atoms with Crippen molar-refractivity contribution in [3.63, 3.8) is 0 Å². The van der Waals surface area contributed by atoms with Crippen LogP contribution in [-0.2, 0) is 13.1 Å². The highest BCUT2D eigenvalue weighted by Gasteiger charge is 2.19. The van der Waals surface area contributed by atoms with E-state index in [0.717, 1.165) is 17.9 Å². The highest BCUT2D eigenvalue weighted by molar-refractivity contribution is 6.32. The molecule has 5 nitrogen and oxygen atoms in total. The Kier molecular flexibility index (Phi) is 5.58. The molecule has 4 rings (SSSR count). The van der Waals surface area contributed by atoms with Crippen LogP contribution < -0.4 is 10.1 Å². The van der Waals surface area contributed by atoms with Gasteiger partial charge in [-0.25, -0.2) is 9.97 Å². The van der Waals surface area contributed by atoms with Crippen molar-refractivity contribution in [3.8, 4) is 5.75 Å². The number of imidazole rings is 1. The summed E-state index contributed by atoms with van der Waals surface area (Å²) in [5.41, 5.74) is 2.44. The van der Waals surface area contributed by atoms with E-state index in [1.807, 2.05) is 35.2 Å². The number of rotatable bonds is 8. The molecule has 1 aromatic carbocycles. The number of hydrogen-bond donors (Lipinski definition) is 1. The molecule has 6 heteroatoms. The third kappa shape index (κ3) is 4.61. The van der Waals surface area contributed by atoms with Gasteiger partial charge in [-0.15, -0.1) is 0 Å². The molecule has 3 aromatic rings. The van der Waals surface area contributed by atoms with Crippen molar-refractivity contribution in [2.24, 2.45) is 0 Å². The first-order valence-electron chi connectivity index (χ1n) is 9.35. The second kappa shape index (κ2) is 8.44. The molecule has 1 aliphatic carbocycles. The number of aromatic nitrogens is 3. The molecule has 0 aliphatic heterocycles. The number of ether oxygens (including phenoxy) is 1. The van der Waals surface area contributed by atoms with E-state index >= 15 is 0 Å². The second-order valence-corrected chi connectivity index (χ2v) is 7.28. The fourth-order valence-corrected chi connectivity index (χ4v) is 3.39. The SMILES string of the molecule is Clc1cc(CNc2ccc(C3CCC3)cn2)ccc1OCCn1ccnc1. The predicted octanol–water partition coefficient (Wildman–Crippen LogP) is 4.89. The van der Waals surface area contributed by atoms with Gasteiger partial charge in [0, 0.05) is 25.1 Å². The summed E-state index contributed by atoms with van der Waals surface area (Å²) in [6, 6.07) is 10.1. The Bertz CT molecular complexity index is 860. The highest BCUT2D eigenvalue weighted by atomic mass is 35.5. The maximum atomic E-state index is 6.36. The molecule has 0 amide bonds. The van der Waals surface area contributed by atoms with Gasteiger partial charge >= 0.3 is 0 Å². The summed E-state index contributed by atoms with van der Waals surface area (Å²) in [5, 5.41) is 3.97. The summed E-state index contributed by atoms with van der Waals surface area (Å²) >= 11 is 6.36. The van der Waals surface area contributed by atoms with Crippen molar-refractivity contribution in [1.82, 2.24) is 14.5 Å². The minimum Gasteiger partial charge on any atom is -0.490 e. The summed E-state index contributed by atoms with van der Waals surface area (Å²) in [5.74, 6) is 2.30. The number of nitrogens with one attached hydrogen (secondary N) is 1. The summed E-state index contributed by atoms with van der Waals surface area (Å²) in [7, 11) is 0. The Labute approximate surface area is 164 Å². The molecule has 140 valence electrons. The van der Waals surface area contributed by atoms with Gasteiger partial charge < -0.3 is 14.6 Å². The first-order chi connectivity index (χ1) is 13.3. The molecule has 27 heavy (non-hydrogen) atoms. The first-order valence-corrected chi connectivity index (χ1v) is 9.72. The lowest BCUT2D eigenvalue weighted by molar-refractivity contribution is 0.298. The average Bonchev–Trinajstić information content (AvgIpc) is 3.15. The van der Waals surface area contributed by atoms with Crippen LogP contribution >= 0.6 is 11.6 Å². The van der Waals surface area contributed by atoms with E-state index < -0.39 is 0 Å². The standard InChI is InChI=1S/C21H23ClN4O/c22-19-12-16(4-6-20(19)27-11-10-26-9-8-23-15-26)13-24-21-7-5-18(14-25-21)17-2-1-3-17/h4-9,12,14-15,17H,1-3,10-11,13H2,(H,24,25). The number of hydrogen-bond acceptors (Lipinski definition) is 4. The number of pyridine rings is 1. The minimum atomic E-state index is 0.547.